The number of benzene rings is 3. The Kier molecular flexibility index (Phi) is 6.72. The van der Waals surface area contributed by atoms with Crippen LogP contribution in [0.4, 0.5) is 17.1 Å². The topological polar surface area (TPSA) is 66.2 Å². The van der Waals surface area contributed by atoms with Crippen LogP contribution in [0.5, 0.6) is 0 Å². The number of allylic oxidation sites excluding steroid dienone is 2. The molecule has 32 heavy (non-hydrogen) atoms. The molecule has 0 radical (unpaired) electrons. The van der Waals surface area contributed by atoms with Gasteiger partial charge in [0, 0.05) is 0 Å². The summed E-state index contributed by atoms with van der Waals surface area (Å²) < 4.78 is 0. The van der Waals surface area contributed by atoms with Crippen molar-refractivity contribution in [2.45, 2.75) is 13.8 Å². The summed E-state index contributed by atoms with van der Waals surface area (Å²) >= 11 is 1.33. The SMILES string of the molecule is Cc1ccccc1N=Nc1ccc(N=C2NC(=O)/C(=C/C=C\c3ccccc3)S2)c(C)c1. The van der Waals surface area contributed by atoms with Crippen LogP contribution in [0.25, 0.3) is 6.08 Å². The molecule has 0 unspecified atom stereocenters. The molecule has 4 rings (SSSR count). The highest BCUT2D eigenvalue weighted by molar-refractivity contribution is 8.18. The van der Waals surface area contributed by atoms with Crippen LogP contribution in [0.2, 0.25) is 0 Å². The fourth-order valence-electron chi connectivity index (χ4n) is 3.03. The van der Waals surface area contributed by atoms with E-state index in [0.29, 0.717) is 10.1 Å². The first-order valence-corrected chi connectivity index (χ1v) is 11.0. The van der Waals surface area contributed by atoms with Crippen LogP contribution in [-0.4, -0.2) is 11.1 Å². The summed E-state index contributed by atoms with van der Waals surface area (Å²) in [5, 5.41) is 12.1. The molecule has 1 amide bonds. The molecule has 1 heterocycles. The van der Waals surface area contributed by atoms with E-state index >= 15 is 0 Å². The van der Waals surface area contributed by atoms with E-state index in [1.807, 2.05) is 98.8 Å². The number of nitrogens with one attached hydrogen (secondary N) is 1. The van der Waals surface area contributed by atoms with Crippen molar-refractivity contribution in [1.29, 1.82) is 0 Å². The summed E-state index contributed by atoms with van der Waals surface area (Å²) in [7, 11) is 0. The molecule has 0 atom stereocenters. The molecular weight excluding hydrogens is 416 g/mol. The van der Waals surface area contributed by atoms with Gasteiger partial charge in [-0.05, 0) is 72.6 Å². The summed E-state index contributed by atoms with van der Waals surface area (Å²) in [6.07, 6.45) is 5.64. The maximum atomic E-state index is 12.3. The Morgan fingerprint density at radius 2 is 1.62 bits per heavy atom. The van der Waals surface area contributed by atoms with Gasteiger partial charge < -0.3 is 5.32 Å². The quantitative estimate of drug-likeness (QED) is 0.339. The molecule has 0 saturated carbocycles. The lowest BCUT2D eigenvalue weighted by atomic mass is 10.2. The summed E-state index contributed by atoms with van der Waals surface area (Å²) in [6, 6.07) is 23.5. The average molecular weight is 439 g/mol. The number of carbonyl (C=O) groups excluding carboxylic acids is 1. The van der Waals surface area contributed by atoms with Crippen molar-refractivity contribution in [3.05, 3.63) is 107 Å². The number of nitrogens with zero attached hydrogens (tertiary/aromatic N) is 3. The number of rotatable bonds is 5. The van der Waals surface area contributed by atoms with E-state index in [1.54, 1.807) is 6.08 Å². The third kappa shape index (κ3) is 5.47. The zero-order chi connectivity index (χ0) is 22.3. The molecule has 0 spiro atoms. The second kappa shape index (κ2) is 10.0. The van der Waals surface area contributed by atoms with Gasteiger partial charge >= 0.3 is 0 Å². The van der Waals surface area contributed by atoms with E-state index in [0.717, 1.165) is 33.8 Å². The normalized spacial score (nSPS) is 16.5. The first-order valence-electron chi connectivity index (χ1n) is 10.2. The molecule has 0 bridgehead atoms. The minimum atomic E-state index is -0.146. The predicted molar refractivity (Wildman–Crippen MR) is 133 cm³/mol. The summed E-state index contributed by atoms with van der Waals surface area (Å²) in [5.41, 5.74) is 5.49. The minimum absolute atomic E-state index is 0.146. The molecule has 5 nitrogen and oxygen atoms in total. The summed E-state index contributed by atoms with van der Waals surface area (Å²) in [6.45, 7) is 3.97. The number of thioether (sulfide) groups is 1. The zero-order valence-corrected chi connectivity index (χ0v) is 18.6. The van der Waals surface area contributed by atoms with E-state index < -0.39 is 0 Å². The Morgan fingerprint density at radius 1 is 0.844 bits per heavy atom. The standard InChI is InChI=1S/C26H22N4OS/c1-18-9-6-7-13-23(18)30-29-21-15-16-22(19(2)17-21)27-26-28-25(31)24(32-26)14-8-12-20-10-4-3-5-11-20/h3-17H,1-2H3,(H,27,28,31)/b12-8-,24-14-,30-29?. The lowest BCUT2D eigenvalue weighted by Crippen LogP contribution is -2.19. The Balaban J connectivity index is 1.46. The Morgan fingerprint density at radius 3 is 2.41 bits per heavy atom. The van der Waals surface area contributed by atoms with Gasteiger partial charge in [-0.1, -0.05) is 60.7 Å². The number of amides is 1. The molecule has 0 aromatic heterocycles. The van der Waals surface area contributed by atoms with Crippen molar-refractivity contribution in [2.24, 2.45) is 15.2 Å². The van der Waals surface area contributed by atoms with E-state index in [2.05, 4.69) is 20.5 Å². The van der Waals surface area contributed by atoms with Gasteiger partial charge in [0.1, 0.15) is 0 Å². The first-order chi connectivity index (χ1) is 15.6. The average Bonchev–Trinajstić information content (AvgIpc) is 3.14. The van der Waals surface area contributed by atoms with Crippen molar-refractivity contribution in [1.82, 2.24) is 5.32 Å². The number of aryl methyl sites for hydroxylation is 2. The zero-order valence-electron chi connectivity index (χ0n) is 17.8. The van der Waals surface area contributed by atoms with Gasteiger partial charge in [0.25, 0.3) is 5.91 Å². The van der Waals surface area contributed by atoms with E-state index in [1.165, 1.54) is 11.8 Å². The molecule has 1 N–H and O–H groups in total. The molecule has 1 aliphatic rings. The number of amidine groups is 1. The fraction of sp³-hybridized carbons (Fsp3) is 0.0769. The molecule has 0 aliphatic carbocycles. The lowest BCUT2D eigenvalue weighted by Gasteiger charge is -2.03. The van der Waals surface area contributed by atoms with Crippen LogP contribution in [0.1, 0.15) is 16.7 Å². The number of aliphatic imine (C=N–C) groups is 1. The highest BCUT2D eigenvalue weighted by Crippen LogP contribution is 2.30. The Labute approximate surface area is 191 Å². The van der Waals surface area contributed by atoms with Crippen LogP contribution in [-0.2, 0) is 4.79 Å². The van der Waals surface area contributed by atoms with Gasteiger partial charge in [0.2, 0.25) is 0 Å². The van der Waals surface area contributed by atoms with Gasteiger partial charge in [-0.2, -0.15) is 10.2 Å². The first kappa shape index (κ1) is 21.5. The van der Waals surface area contributed by atoms with Crippen molar-refractivity contribution < 1.29 is 4.79 Å². The molecule has 6 heteroatoms. The largest absolute Gasteiger partial charge is 0.300 e. The van der Waals surface area contributed by atoms with Gasteiger partial charge in [0.15, 0.2) is 5.17 Å². The third-order valence-corrected chi connectivity index (χ3v) is 5.71. The lowest BCUT2D eigenvalue weighted by molar-refractivity contribution is -0.115. The van der Waals surface area contributed by atoms with Crippen molar-refractivity contribution in [3.63, 3.8) is 0 Å². The number of azo groups is 1. The number of carbonyl (C=O) groups is 1. The van der Waals surface area contributed by atoms with Crippen LogP contribution >= 0.6 is 11.8 Å². The Bertz CT molecular complexity index is 1260. The van der Waals surface area contributed by atoms with Crippen molar-refractivity contribution in [2.75, 3.05) is 0 Å². The van der Waals surface area contributed by atoms with E-state index in [9.17, 15) is 4.79 Å². The summed E-state index contributed by atoms with van der Waals surface area (Å²) in [4.78, 5) is 17.5. The number of hydrogen-bond acceptors (Lipinski definition) is 5. The monoisotopic (exact) mass is 438 g/mol. The van der Waals surface area contributed by atoms with Gasteiger partial charge in [-0.15, -0.1) is 0 Å². The second-order valence-electron chi connectivity index (χ2n) is 7.23. The van der Waals surface area contributed by atoms with Crippen LogP contribution < -0.4 is 5.32 Å². The van der Waals surface area contributed by atoms with Gasteiger partial charge in [-0.25, -0.2) is 4.99 Å². The van der Waals surface area contributed by atoms with Crippen molar-refractivity contribution >= 4 is 46.0 Å². The molecule has 1 aliphatic heterocycles. The van der Waals surface area contributed by atoms with E-state index in [-0.39, 0.29) is 5.91 Å². The molecular formula is C26H22N4OS. The highest BCUT2D eigenvalue weighted by atomic mass is 32.2. The highest BCUT2D eigenvalue weighted by Gasteiger charge is 2.23. The fourth-order valence-corrected chi connectivity index (χ4v) is 3.82. The maximum Gasteiger partial charge on any atom is 0.264 e. The third-order valence-electron chi connectivity index (χ3n) is 4.78. The van der Waals surface area contributed by atoms with Crippen LogP contribution in [0, 0.1) is 13.8 Å². The van der Waals surface area contributed by atoms with Gasteiger partial charge in [-0.3, -0.25) is 4.79 Å². The van der Waals surface area contributed by atoms with E-state index in [4.69, 9.17) is 0 Å². The summed E-state index contributed by atoms with van der Waals surface area (Å²) in [5.74, 6) is -0.146. The Hall–Kier alpha value is -3.77. The molecule has 1 saturated heterocycles. The molecule has 3 aromatic carbocycles. The smallest absolute Gasteiger partial charge is 0.264 e. The second-order valence-corrected chi connectivity index (χ2v) is 8.26. The predicted octanol–water partition coefficient (Wildman–Crippen LogP) is 7.17. The van der Waals surface area contributed by atoms with Gasteiger partial charge in [0.05, 0.1) is 22.0 Å². The molecule has 1 fully saturated rings. The maximum absolute atomic E-state index is 12.3. The molecule has 158 valence electrons. The van der Waals surface area contributed by atoms with Crippen LogP contribution in [0.15, 0.2) is 105 Å². The number of hydrogen-bond donors (Lipinski definition) is 1. The molecule has 3 aromatic rings. The minimum Gasteiger partial charge on any atom is -0.300 e. The van der Waals surface area contributed by atoms with Crippen molar-refractivity contribution in [3.8, 4) is 0 Å². The van der Waals surface area contributed by atoms with Crippen LogP contribution in [0.3, 0.4) is 0 Å².